The quantitative estimate of drug-likeness (QED) is 0.761. The third kappa shape index (κ3) is 2.45. The van der Waals surface area contributed by atoms with E-state index in [-0.39, 0.29) is 5.82 Å². The third-order valence-corrected chi connectivity index (χ3v) is 2.34. The van der Waals surface area contributed by atoms with Crippen LogP contribution in [0.15, 0.2) is 18.2 Å². The maximum Gasteiger partial charge on any atom is 0.136 e. The molecule has 0 fully saturated rings. The lowest BCUT2D eigenvalue weighted by Gasteiger charge is -1.98. The summed E-state index contributed by atoms with van der Waals surface area (Å²) in [4.78, 5) is 0. The Labute approximate surface area is 84.3 Å². The first-order chi connectivity index (χ1) is 5.74. The molecule has 0 aliphatic carbocycles. The van der Waals surface area contributed by atoms with Crippen LogP contribution in [0.5, 0.6) is 0 Å². The van der Waals surface area contributed by atoms with Crippen molar-refractivity contribution in [1.82, 2.24) is 0 Å². The zero-order valence-electron chi connectivity index (χ0n) is 6.35. The largest absolute Gasteiger partial charge is 0.206 e. The van der Waals surface area contributed by atoms with Crippen molar-refractivity contribution in [1.29, 1.82) is 5.26 Å². The maximum atomic E-state index is 12.7. The average molecular weight is 275 g/mol. The number of nitriles is 1. The van der Waals surface area contributed by atoms with E-state index in [0.717, 1.165) is 5.56 Å². The van der Waals surface area contributed by atoms with Gasteiger partial charge in [-0.1, -0.05) is 6.07 Å². The summed E-state index contributed by atoms with van der Waals surface area (Å²) >= 11 is 1.94. The van der Waals surface area contributed by atoms with Crippen molar-refractivity contribution in [3.8, 4) is 6.07 Å². The Balaban J connectivity index is 2.77. The number of rotatable bonds is 2. The highest BCUT2D eigenvalue weighted by molar-refractivity contribution is 14.1. The van der Waals surface area contributed by atoms with Crippen LogP contribution in [0.4, 0.5) is 4.39 Å². The minimum Gasteiger partial charge on any atom is -0.206 e. The van der Waals surface area contributed by atoms with Gasteiger partial charge in [-0.3, -0.25) is 0 Å². The minimum absolute atomic E-state index is 0.198. The van der Waals surface area contributed by atoms with Crippen LogP contribution in [0.1, 0.15) is 12.0 Å². The van der Waals surface area contributed by atoms with Gasteiger partial charge in [0.1, 0.15) is 5.82 Å². The lowest BCUT2D eigenvalue weighted by atomic mass is 10.1. The molecule has 0 saturated heterocycles. The summed E-state index contributed by atoms with van der Waals surface area (Å²) in [7, 11) is 0. The van der Waals surface area contributed by atoms with Crippen LogP contribution in [-0.4, -0.2) is 0 Å². The van der Waals surface area contributed by atoms with Gasteiger partial charge in [-0.15, -0.1) is 0 Å². The number of benzene rings is 1. The molecule has 0 atom stereocenters. The van der Waals surface area contributed by atoms with Crippen molar-refractivity contribution >= 4 is 22.6 Å². The summed E-state index contributed by atoms with van der Waals surface area (Å²) in [6.07, 6.45) is 1.19. The second-order valence-corrected chi connectivity index (χ2v) is 3.57. The van der Waals surface area contributed by atoms with Gasteiger partial charge >= 0.3 is 0 Å². The van der Waals surface area contributed by atoms with E-state index in [0.29, 0.717) is 16.4 Å². The monoisotopic (exact) mass is 275 g/mol. The van der Waals surface area contributed by atoms with E-state index in [4.69, 9.17) is 5.26 Å². The molecule has 0 saturated carbocycles. The predicted octanol–water partition coefficient (Wildman–Crippen LogP) is 2.89. The van der Waals surface area contributed by atoms with E-state index in [1.54, 1.807) is 12.1 Å². The Morgan fingerprint density at radius 2 is 2.25 bits per heavy atom. The summed E-state index contributed by atoms with van der Waals surface area (Å²) < 4.78 is 13.4. The summed E-state index contributed by atoms with van der Waals surface area (Å²) in [5.74, 6) is -0.198. The highest BCUT2D eigenvalue weighted by Gasteiger charge is 1.99. The Morgan fingerprint density at radius 1 is 1.50 bits per heavy atom. The van der Waals surface area contributed by atoms with Crippen molar-refractivity contribution in [2.24, 2.45) is 0 Å². The summed E-state index contributed by atoms with van der Waals surface area (Å²) in [5, 5.41) is 8.33. The molecule has 0 aliphatic heterocycles. The molecule has 0 aliphatic rings. The molecule has 1 aromatic rings. The molecule has 0 aromatic heterocycles. The van der Waals surface area contributed by atoms with Gasteiger partial charge in [-0.2, -0.15) is 5.26 Å². The molecule has 0 amide bonds. The number of hydrogen-bond donors (Lipinski definition) is 0. The molecule has 12 heavy (non-hydrogen) atoms. The van der Waals surface area contributed by atoms with Gasteiger partial charge in [-0.05, 0) is 46.7 Å². The van der Waals surface area contributed by atoms with Crippen molar-refractivity contribution < 1.29 is 4.39 Å². The Hall–Kier alpha value is -0.630. The predicted molar refractivity (Wildman–Crippen MR) is 53.1 cm³/mol. The van der Waals surface area contributed by atoms with Gasteiger partial charge in [0.25, 0.3) is 0 Å². The normalized spacial score (nSPS) is 9.42. The minimum atomic E-state index is -0.198. The molecule has 1 nitrogen and oxygen atoms in total. The van der Waals surface area contributed by atoms with Crippen molar-refractivity contribution in [2.75, 3.05) is 0 Å². The lowest BCUT2D eigenvalue weighted by Crippen LogP contribution is -1.87. The van der Waals surface area contributed by atoms with Crippen molar-refractivity contribution in [2.45, 2.75) is 12.8 Å². The molecule has 62 valence electrons. The van der Waals surface area contributed by atoms with E-state index in [1.165, 1.54) is 6.07 Å². The van der Waals surface area contributed by atoms with Gasteiger partial charge < -0.3 is 0 Å². The topological polar surface area (TPSA) is 23.8 Å². The van der Waals surface area contributed by atoms with Crippen LogP contribution in [-0.2, 0) is 6.42 Å². The first-order valence-electron chi connectivity index (χ1n) is 3.55. The third-order valence-electron chi connectivity index (χ3n) is 1.51. The molecular weight excluding hydrogens is 268 g/mol. The first kappa shape index (κ1) is 9.46. The van der Waals surface area contributed by atoms with E-state index in [1.807, 2.05) is 22.6 Å². The van der Waals surface area contributed by atoms with Crippen LogP contribution >= 0.6 is 22.6 Å². The first-order valence-corrected chi connectivity index (χ1v) is 4.63. The van der Waals surface area contributed by atoms with Gasteiger partial charge in [0.2, 0.25) is 0 Å². The standard InChI is InChI=1S/C9H7FIN/c10-8-4-3-7(2-1-5-12)6-9(8)11/h3-4,6H,1-2H2. The smallest absolute Gasteiger partial charge is 0.136 e. The summed E-state index contributed by atoms with van der Waals surface area (Å²) in [6.45, 7) is 0. The van der Waals surface area contributed by atoms with Crippen LogP contribution in [0.25, 0.3) is 0 Å². The average Bonchev–Trinajstić information content (AvgIpc) is 2.07. The van der Waals surface area contributed by atoms with Crippen molar-refractivity contribution in [3.63, 3.8) is 0 Å². The maximum absolute atomic E-state index is 12.7. The van der Waals surface area contributed by atoms with E-state index >= 15 is 0 Å². The van der Waals surface area contributed by atoms with Gasteiger partial charge in [0.15, 0.2) is 0 Å². The molecule has 0 spiro atoms. The van der Waals surface area contributed by atoms with E-state index in [9.17, 15) is 4.39 Å². The molecule has 1 rings (SSSR count). The Morgan fingerprint density at radius 3 is 2.83 bits per heavy atom. The van der Waals surface area contributed by atoms with Gasteiger partial charge in [0.05, 0.1) is 6.07 Å². The fraction of sp³-hybridized carbons (Fsp3) is 0.222. The van der Waals surface area contributed by atoms with Crippen molar-refractivity contribution in [3.05, 3.63) is 33.1 Å². The molecule has 0 bridgehead atoms. The highest BCUT2D eigenvalue weighted by Crippen LogP contribution is 2.13. The molecule has 0 heterocycles. The highest BCUT2D eigenvalue weighted by atomic mass is 127. The molecule has 3 heteroatoms. The van der Waals surface area contributed by atoms with Gasteiger partial charge in [0, 0.05) is 9.99 Å². The SMILES string of the molecule is N#CCCc1ccc(F)c(I)c1. The van der Waals surface area contributed by atoms with Crippen LogP contribution < -0.4 is 0 Å². The van der Waals surface area contributed by atoms with Crippen LogP contribution in [0, 0.1) is 20.7 Å². The second kappa shape index (κ2) is 4.41. The Bertz CT molecular complexity index is 317. The lowest BCUT2D eigenvalue weighted by molar-refractivity contribution is 0.619. The zero-order chi connectivity index (χ0) is 8.97. The molecular formula is C9H7FIN. The zero-order valence-corrected chi connectivity index (χ0v) is 8.51. The molecule has 0 unspecified atom stereocenters. The number of halogens is 2. The van der Waals surface area contributed by atoms with E-state index < -0.39 is 0 Å². The Kier molecular flexibility index (Phi) is 3.48. The van der Waals surface area contributed by atoms with Crippen LogP contribution in [0.3, 0.4) is 0 Å². The van der Waals surface area contributed by atoms with E-state index in [2.05, 4.69) is 6.07 Å². The van der Waals surface area contributed by atoms with Gasteiger partial charge in [-0.25, -0.2) is 4.39 Å². The number of hydrogen-bond acceptors (Lipinski definition) is 1. The fourth-order valence-electron chi connectivity index (χ4n) is 0.895. The summed E-state index contributed by atoms with van der Waals surface area (Å²) in [5.41, 5.74) is 1.02. The van der Waals surface area contributed by atoms with Crippen LogP contribution in [0.2, 0.25) is 0 Å². The molecule has 0 N–H and O–H groups in total. The number of nitrogens with zero attached hydrogens (tertiary/aromatic N) is 1. The molecule has 0 radical (unpaired) electrons. The second-order valence-electron chi connectivity index (χ2n) is 2.41. The summed E-state index contributed by atoms with van der Waals surface area (Å²) in [6, 6.07) is 6.98. The number of aryl methyl sites for hydroxylation is 1. The fourth-order valence-corrected chi connectivity index (χ4v) is 1.48. The molecule has 1 aromatic carbocycles.